The number of hydrogen-bond donors (Lipinski definition) is 1. The Labute approximate surface area is 156 Å². The molecule has 0 fully saturated rings. The molecule has 0 bridgehead atoms. The molecule has 2 aromatic rings. The first-order valence-electron chi connectivity index (χ1n) is 8.71. The molecule has 0 saturated carbocycles. The lowest BCUT2D eigenvalue weighted by atomic mass is 10.2. The third-order valence-corrected chi connectivity index (χ3v) is 3.34. The first kappa shape index (κ1) is 20.8. The highest BCUT2D eigenvalue weighted by atomic mass is 19.4. The number of nitrogens with one attached hydrogen (secondary N) is 1. The predicted octanol–water partition coefficient (Wildman–Crippen LogP) is 5.60. The van der Waals surface area contributed by atoms with Crippen molar-refractivity contribution in [2.75, 3.05) is 11.9 Å². The number of nitrogens with zero attached hydrogens (tertiary/aromatic N) is 2. The van der Waals surface area contributed by atoms with Gasteiger partial charge in [-0.1, -0.05) is 13.3 Å². The maximum atomic E-state index is 13.2. The lowest BCUT2D eigenvalue weighted by Gasteiger charge is -2.23. The van der Waals surface area contributed by atoms with E-state index in [0.29, 0.717) is 12.3 Å². The van der Waals surface area contributed by atoms with Crippen molar-refractivity contribution in [1.29, 1.82) is 0 Å². The molecule has 0 amide bonds. The van der Waals surface area contributed by atoms with Crippen LogP contribution in [0.1, 0.15) is 46.1 Å². The molecule has 0 aliphatic carbocycles. The monoisotopic (exact) mass is 383 g/mol. The molecule has 0 saturated heterocycles. The fourth-order valence-electron chi connectivity index (χ4n) is 2.09. The minimum Gasteiger partial charge on any atom is -0.494 e. The second kappa shape index (κ2) is 8.45. The molecule has 8 heteroatoms. The molecule has 0 aliphatic rings. The third kappa shape index (κ3) is 6.62. The normalized spacial score (nSPS) is 12.0. The molecular weight excluding hydrogens is 359 g/mol. The average Bonchev–Trinajstić information content (AvgIpc) is 2.54. The van der Waals surface area contributed by atoms with Crippen molar-refractivity contribution in [3.05, 3.63) is 36.0 Å². The summed E-state index contributed by atoms with van der Waals surface area (Å²) in [5.41, 5.74) is -1.22. The summed E-state index contributed by atoms with van der Waals surface area (Å²) in [6, 6.07) is 7.03. The fraction of sp³-hybridized carbons (Fsp3) is 0.474. The van der Waals surface area contributed by atoms with Crippen LogP contribution in [0.3, 0.4) is 0 Å². The summed E-state index contributed by atoms with van der Waals surface area (Å²) in [5.74, 6) is 0.230. The van der Waals surface area contributed by atoms with Gasteiger partial charge < -0.3 is 14.8 Å². The van der Waals surface area contributed by atoms with E-state index in [0.717, 1.165) is 24.8 Å². The Morgan fingerprint density at radius 3 is 2.30 bits per heavy atom. The molecule has 1 aromatic carbocycles. The van der Waals surface area contributed by atoms with E-state index in [9.17, 15) is 13.2 Å². The Morgan fingerprint density at radius 2 is 1.74 bits per heavy atom. The van der Waals surface area contributed by atoms with Crippen LogP contribution in [0.5, 0.6) is 11.6 Å². The van der Waals surface area contributed by atoms with E-state index in [1.807, 2.05) is 0 Å². The van der Waals surface area contributed by atoms with Crippen molar-refractivity contribution in [2.45, 2.75) is 52.3 Å². The smallest absolute Gasteiger partial charge is 0.423 e. The van der Waals surface area contributed by atoms with Gasteiger partial charge >= 0.3 is 6.18 Å². The zero-order valence-electron chi connectivity index (χ0n) is 15.9. The van der Waals surface area contributed by atoms with E-state index in [4.69, 9.17) is 9.47 Å². The van der Waals surface area contributed by atoms with Crippen molar-refractivity contribution in [3.8, 4) is 11.6 Å². The van der Waals surface area contributed by atoms with E-state index in [1.54, 1.807) is 45.0 Å². The summed E-state index contributed by atoms with van der Waals surface area (Å²) in [7, 11) is 0. The number of rotatable bonds is 7. The van der Waals surface area contributed by atoms with Crippen LogP contribution in [-0.4, -0.2) is 22.2 Å². The van der Waals surface area contributed by atoms with E-state index in [1.165, 1.54) is 0 Å². The van der Waals surface area contributed by atoms with Crippen LogP contribution in [0.4, 0.5) is 24.8 Å². The molecule has 0 atom stereocenters. The van der Waals surface area contributed by atoms with Crippen LogP contribution in [0, 0.1) is 0 Å². The fourth-order valence-corrected chi connectivity index (χ4v) is 2.09. The summed E-state index contributed by atoms with van der Waals surface area (Å²) >= 11 is 0. The van der Waals surface area contributed by atoms with E-state index in [2.05, 4.69) is 22.2 Å². The molecular formula is C19H24F3N3O2. The van der Waals surface area contributed by atoms with Gasteiger partial charge in [0.15, 0.2) is 0 Å². The van der Waals surface area contributed by atoms with Crippen LogP contribution in [0.25, 0.3) is 0 Å². The number of ether oxygens (including phenoxy) is 2. The van der Waals surface area contributed by atoms with E-state index < -0.39 is 23.2 Å². The topological polar surface area (TPSA) is 56.3 Å². The minimum atomic E-state index is -4.60. The van der Waals surface area contributed by atoms with Gasteiger partial charge in [-0.3, -0.25) is 0 Å². The molecule has 148 valence electrons. The van der Waals surface area contributed by atoms with Gasteiger partial charge in [0.2, 0.25) is 11.8 Å². The largest absolute Gasteiger partial charge is 0.494 e. The zero-order valence-corrected chi connectivity index (χ0v) is 15.9. The van der Waals surface area contributed by atoms with Crippen LogP contribution in [-0.2, 0) is 6.18 Å². The highest BCUT2D eigenvalue weighted by Gasteiger charge is 2.37. The summed E-state index contributed by atoms with van der Waals surface area (Å²) in [6.45, 7) is 7.68. The first-order chi connectivity index (χ1) is 12.6. The average molecular weight is 383 g/mol. The maximum Gasteiger partial charge on any atom is 0.423 e. The molecule has 2 rings (SSSR count). The summed E-state index contributed by atoms with van der Waals surface area (Å²) in [6.07, 6.45) is -1.87. The molecule has 0 aliphatic heterocycles. The van der Waals surface area contributed by atoms with Gasteiger partial charge in [0.1, 0.15) is 16.9 Å². The summed E-state index contributed by atoms with van der Waals surface area (Å²) < 4.78 is 50.4. The maximum absolute atomic E-state index is 13.2. The number of benzene rings is 1. The van der Waals surface area contributed by atoms with Gasteiger partial charge in [0, 0.05) is 11.9 Å². The van der Waals surface area contributed by atoms with Gasteiger partial charge in [-0.25, -0.2) is 4.98 Å². The van der Waals surface area contributed by atoms with Gasteiger partial charge in [-0.05, 0) is 51.5 Å². The van der Waals surface area contributed by atoms with Gasteiger partial charge in [0.25, 0.3) is 0 Å². The summed E-state index contributed by atoms with van der Waals surface area (Å²) in [5, 5.41) is 2.88. The van der Waals surface area contributed by atoms with Crippen LogP contribution in [0.15, 0.2) is 30.5 Å². The number of aromatic nitrogens is 2. The number of anilines is 2. The Balaban J connectivity index is 2.17. The molecule has 1 aromatic heterocycles. The van der Waals surface area contributed by atoms with Crippen molar-refractivity contribution >= 4 is 11.6 Å². The van der Waals surface area contributed by atoms with Crippen LogP contribution in [0.2, 0.25) is 0 Å². The van der Waals surface area contributed by atoms with Gasteiger partial charge in [-0.15, -0.1) is 0 Å². The number of alkyl halides is 3. The van der Waals surface area contributed by atoms with E-state index >= 15 is 0 Å². The molecule has 0 spiro atoms. The lowest BCUT2D eigenvalue weighted by molar-refractivity contribution is -0.140. The second-order valence-electron chi connectivity index (χ2n) is 6.98. The Kier molecular flexibility index (Phi) is 6.51. The lowest BCUT2D eigenvalue weighted by Crippen LogP contribution is -2.26. The molecule has 1 N–H and O–H groups in total. The molecule has 27 heavy (non-hydrogen) atoms. The van der Waals surface area contributed by atoms with Crippen LogP contribution >= 0.6 is 0 Å². The SMILES string of the molecule is CCCCOc1ccc(Nc2ncc(C(F)(F)F)c(OC(C)(C)C)n2)cc1. The molecule has 0 radical (unpaired) electrons. The van der Waals surface area contributed by atoms with Crippen molar-refractivity contribution in [3.63, 3.8) is 0 Å². The molecule has 5 nitrogen and oxygen atoms in total. The third-order valence-electron chi connectivity index (χ3n) is 3.34. The van der Waals surface area contributed by atoms with Crippen molar-refractivity contribution in [2.24, 2.45) is 0 Å². The number of hydrogen-bond acceptors (Lipinski definition) is 5. The number of unbranched alkanes of at least 4 members (excludes halogenated alkanes) is 1. The number of halogens is 3. The standard InChI is InChI=1S/C19H24F3N3O2/c1-5-6-11-26-14-9-7-13(8-10-14)24-17-23-12-15(19(20,21)22)16(25-17)27-18(2,3)4/h7-10,12H,5-6,11H2,1-4H3,(H,23,24,25). The van der Waals surface area contributed by atoms with Crippen molar-refractivity contribution in [1.82, 2.24) is 9.97 Å². The second-order valence-corrected chi connectivity index (χ2v) is 6.98. The van der Waals surface area contributed by atoms with E-state index in [-0.39, 0.29) is 5.95 Å². The highest BCUT2D eigenvalue weighted by Crippen LogP contribution is 2.36. The van der Waals surface area contributed by atoms with Crippen molar-refractivity contribution < 1.29 is 22.6 Å². The van der Waals surface area contributed by atoms with Crippen LogP contribution < -0.4 is 14.8 Å². The Hall–Kier alpha value is -2.51. The first-order valence-corrected chi connectivity index (χ1v) is 8.71. The Morgan fingerprint density at radius 1 is 1.07 bits per heavy atom. The Bertz CT molecular complexity index is 741. The highest BCUT2D eigenvalue weighted by molar-refractivity contribution is 5.55. The predicted molar refractivity (Wildman–Crippen MR) is 97.5 cm³/mol. The quantitative estimate of drug-likeness (QED) is 0.631. The molecule has 0 unspecified atom stereocenters. The summed E-state index contributed by atoms with van der Waals surface area (Å²) in [4.78, 5) is 7.67. The van der Waals surface area contributed by atoms with Gasteiger partial charge in [-0.2, -0.15) is 18.2 Å². The van der Waals surface area contributed by atoms with Gasteiger partial charge in [0.05, 0.1) is 6.61 Å². The zero-order chi connectivity index (χ0) is 20.1. The molecule has 1 heterocycles. The minimum absolute atomic E-state index is 0.0156.